The van der Waals surface area contributed by atoms with E-state index in [4.69, 9.17) is 9.98 Å². The maximum absolute atomic E-state index is 13.9. The van der Waals surface area contributed by atoms with E-state index in [0.717, 1.165) is 74.9 Å². The number of likely N-dealkylation sites (tertiary alicyclic amines) is 2. The number of allylic oxidation sites excluding steroid dienone is 1. The molecule has 2 aromatic carbocycles. The number of hydrogen-bond donors (Lipinski definition) is 4. The van der Waals surface area contributed by atoms with Crippen molar-refractivity contribution in [1.29, 1.82) is 0 Å². The van der Waals surface area contributed by atoms with Gasteiger partial charge in [0.15, 0.2) is 4.96 Å². The van der Waals surface area contributed by atoms with Gasteiger partial charge in [-0.05, 0) is 48.3 Å². The Bertz CT molecular complexity index is 2360. The molecule has 5 aromatic rings. The fourth-order valence-corrected chi connectivity index (χ4v) is 9.24. The maximum Gasteiger partial charge on any atom is 0.250 e. The van der Waals surface area contributed by atoms with Gasteiger partial charge in [0.05, 0.1) is 34.5 Å². The fourth-order valence-electron chi connectivity index (χ4n) is 8.26. The molecule has 0 radical (unpaired) electrons. The summed E-state index contributed by atoms with van der Waals surface area (Å²) in [5.41, 5.74) is 6.44. The molecule has 0 spiro atoms. The van der Waals surface area contributed by atoms with Crippen molar-refractivity contribution in [2.24, 2.45) is 10.9 Å². The quantitative estimate of drug-likeness (QED) is 0.132. The van der Waals surface area contributed by atoms with E-state index in [-0.39, 0.29) is 35.7 Å². The third kappa shape index (κ3) is 7.83. The maximum atomic E-state index is 13.9. The number of aliphatic imine (C=N–C) groups is 1. The minimum Gasteiger partial charge on any atom is -0.387 e. The van der Waals surface area contributed by atoms with Gasteiger partial charge in [0, 0.05) is 56.3 Å². The summed E-state index contributed by atoms with van der Waals surface area (Å²) >= 11 is 1.60. The molecule has 6 heterocycles. The Balaban J connectivity index is 0.908. The molecule has 2 saturated heterocycles. The number of fused-ring (bicyclic) bond motifs is 1. The van der Waals surface area contributed by atoms with Crippen LogP contribution in [0.25, 0.3) is 32.2 Å². The molecule has 4 N–H and O–H groups in total. The molecule has 14 nitrogen and oxygen atoms in total. The molecule has 0 saturated carbocycles. The molecule has 1 unspecified atom stereocenters. The smallest absolute Gasteiger partial charge is 0.250 e. The van der Waals surface area contributed by atoms with Crippen LogP contribution in [0.3, 0.4) is 0 Å². The van der Waals surface area contributed by atoms with E-state index in [2.05, 4.69) is 51.1 Å². The van der Waals surface area contributed by atoms with E-state index in [1.54, 1.807) is 22.4 Å². The van der Waals surface area contributed by atoms with E-state index in [9.17, 15) is 24.3 Å². The summed E-state index contributed by atoms with van der Waals surface area (Å²) in [6, 6.07) is 15.8. The molecule has 3 aliphatic heterocycles. The molecule has 58 heavy (non-hydrogen) atoms. The number of hydrogen-bond acceptors (Lipinski definition) is 9. The first-order chi connectivity index (χ1) is 28.1. The molecule has 8 rings (SSSR count). The number of benzene rings is 2. The molecular weight excluding hydrogens is 755 g/mol. The largest absolute Gasteiger partial charge is 0.387 e. The van der Waals surface area contributed by atoms with Crippen molar-refractivity contribution in [2.75, 3.05) is 19.7 Å². The first-order valence-electron chi connectivity index (χ1n) is 19.8. The highest BCUT2D eigenvalue weighted by Crippen LogP contribution is 2.36. The van der Waals surface area contributed by atoms with E-state index < -0.39 is 24.6 Å². The van der Waals surface area contributed by atoms with Crippen molar-refractivity contribution in [1.82, 2.24) is 39.8 Å². The average Bonchev–Trinajstić information content (AvgIpc) is 4.08. The van der Waals surface area contributed by atoms with Gasteiger partial charge in [-0.3, -0.25) is 28.6 Å². The highest BCUT2D eigenvalue weighted by atomic mass is 32.1. The van der Waals surface area contributed by atoms with Gasteiger partial charge < -0.3 is 30.5 Å². The summed E-state index contributed by atoms with van der Waals surface area (Å²) in [7, 11) is 0. The average molecular weight is 802 g/mol. The van der Waals surface area contributed by atoms with Crippen LogP contribution in [0.1, 0.15) is 82.0 Å². The Labute approximate surface area is 340 Å². The molecule has 3 aromatic heterocycles. The van der Waals surface area contributed by atoms with E-state index in [0.29, 0.717) is 25.3 Å². The number of imidazole rings is 2. The predicted molar refractivity (Wildman–Crippen MR) is 221 cm³/mol. The normalized spacial score (nSPS) is 19.1. The van der Waals surface area contributed by atoms with Crippen molar-refractivity contribution in [3.63, 3.8) is 0 Å². The van der Waals surface area contributed by atoms with Crippen molar-refractivity contribution in [3.8, 4) is 21.7 Å². The summed E-state index contributed by atoms with van der Waals surface area (Å²) in [6.07, 6.45) is 11.7. The highest BCUT2D eigenvalue weighted by Gasteiger charge is 2.39. The molecule has 0 aliphatic carbocycles. The number of nitrogens with zero attached hydrogens (tertiary/aromatic N) is 6. The van der Waals surface area contributed by atoms with Crippen LogP contribution >= 0.6 is 11.3 Å². The number of aliphatic hydroxyl groups is 1. The number of aromatic amines is 1. The van der Waals surface area contributed by atoms with E-state index >= 15 is 0 Å². The summed E-state index contributed by atoms with van der Waals surface area (Å²) in [4.78, 5) is 74.9. The Morgan fingerprint density at radius 2 is 1.62 bits per heavy atom. The third-order valence-electron chi connectivity index (χ3n) is 11.2. The monoisotopic (exact) mass is 801 g/mol. The zero-order chi connectivity index (χ0) is 40.5. The van der Waals surface area contributed by atoms with Crippen molar-refractivity contribution in [3.05, 3.63) is 96.5 Å². The first kappa shape index (κ1) is 38.9. The molecule has 300 valence electrons. The SMILES string of the molecule is CC(=O)N[C@@H](C(=O)N1CCCC1C1=NC=C(c2cn3cc(-c4ccc(-c5cnc([C@@H]6CCCN6C(=O)[C@@H](NC(=O)CO)C(C)C)[nH]5)cc4)sc3n2)C1)c1ccccc1. The standard InChI is InChI=1S/C43H47N9O5S/c1-25(2)38(49-37(55)24-53)41(56)52-18-8-12-35(52)40-45-21-32(47-40)27-13-15-28(16-14-27)36-23-50-22-33(48-43(50)58-36)30-19-31(44-20-30)34-11-7-17-51(34)42(57)39(46-26(3)54)29-9-5-4-6-10-29/h4-6,9-10,13-16,20-23,25,34-35,38-39,53H,7-8,11-12,17-19,24H2,1-3H3,(H,45,47)(H,46,54)(H,49,55)/t34?,35-,38-,39+/m0/s1. The van der Waals surface area contributed by atoms with Crippen LogP contribution in [0.15, 0.2) is 84.4 Å². The summed E-state index contributed by atoms with van der Waals surface area (Å²) in [5, 5.41) is 14.8. The minimum absolute atomic E-state index is 0.120. The molecule has 4 atom stereocenters. The Morgan fingerprint density at radius 1 is 0.914 bits per heavy atom. The van der Waals surface area contributed by atoms with Gasteiger partial charge in [-0.1, -0.05) is 79.8 Å². The van der Waals surface area contributed by atoms with Crippen LogP contribution in [-0.4, -0.2) is 95.4 Å². The second-order valence-electron chi connectivity index (χ2n) is 15.5. The van der Waals surface area contributed by atoms with E-state index in [1.165, 1.54) is 6.92 Å². The van der Waals surface area contributed by atoms with Crippen LogP contribution in [-0.2, 0) is 19.2 Å². The summed E-state index contributed by atoms with van der Waals surface area (Å²) < 4.78 is 2.04. The molecule has 15 heteroatoms. The number of carbonyl (C=O) groups excluding carboxylic acids is 4. The lowest BCUT2D eigenvalue weighted by molar-refractivity contribution is -0.139. The lowest BCUT2D eigenvalue weighted by Gasteiger charge is -2.30. The minimum atomic E-state index is -0.746. The Kier molecular flexibility index (Phi) is 11.1. The van der Waals surface area contributed by atoms with Crippen LogP contribution in [0.2, 0.25) is 0 Å². The topological polar surface area (TPSA) is 177 Å². The van der Waals surface area contributed by atoms with Crippen molar-refractivity contribution < 1.29 is 24.3 Å². The van der Waals surface area contributed by atoms with Crippen molar-refractivity contribution >= 4 is 51.2 Å². The highest BCUT2D eigenvalue weighted by molar-refractivity contribution is 7.20. The van der Waals surface area contributed by atoms with Crippen LogP contribution in [0, 0.1) is 5.92 Å². The number of nitrogens with one attached hydrogen (secondary N) is 3. The van der Waals surface area contributed by atoms with E-state index in [1.807, 2.05) is 65.9 Å². The number of rotatable bonds is 12. The van der Waals surface area contributed by atoms with Gasteiger partial charge in [0.1, 0.15) is 24.5 Å². The third-order valence-corrected chi connectivity index (χ3v) is 12.3. The lowest BCUT2D eigenvalue weighted by Crippen LogP contribution is -2.51. The van der Waals surface area contributed by atoms with Crippen LogP contribution < -0.4 is 10.6 Å². The molecule has 4 amide bonds. The summed E-state index contributed by atoms with van der Waals surface area (Å²) in [5.74, 6) is -0.538. The number of thiazole rings is 1. The number of amides is 4. The van der Waals surface area contributed by atoms with Crippen molar-refractivity contribution in [2.45, 2.75) is 77.0 Å². The molecular formula is C43H47N9O5S. The zero-order valence-corrected chi connectivity index (χ0v) is 33.5. The molecule has 3 aliphatic rings. The number of aliphatic hydroxyl groups excluding tert-OH is 1. The predicted octanol–water partition coefficient (Wildman–Crippen LogP) is 5.30. The second-order valence-corrected chi connectivity index (χ2v) is 16.5. The zero-order valence-electron chi connectivity index (χ0n) is 32.7. The van der Waals surface area contributed by atoms with Crippen LogP contribution in [0.5, 0.6) is 0 Å². The summed E-state index contributed by atoms with van der Waals surface area (Å²) in [6.45, 7) is 5.71. The number of H-pyrrole nitrogens is 1. The Hall–Kier alpha value is -5.93. The Morgan fingerprint density at radius 3 is 2.31 bits per heavy atom. The second kappa shape index (κ2) is 16.5. The lowest BCUT2D eigenvalue weighted by atomic mass is 10.0. The van der Waals surface area contributed by atoms with Gasteiger partial charge >= 0.3 is 0 Å². The molecule has 0 bridgehead atoms. The molecule has 2 fully saturated rings. The number of carbonyl (C=O) groups is 4. The van der Waals surface area contributed by atoms with Gasteiger partial charge in [0.25, 0.3) is 0 Å². The first-order valence-corrected chi connectivity index (χ1v) is 20.6. The van der Waals surface area contributed by atoms with Crippen LogP contribution in [0.4, 0.5) is 0 Å². The number of aromatic nitrogens is 4. The van der Waals surface area contributed by atoms with Gasteiger partial charge in [0.2, 0.25) is 23.6 Å². The van der Waals surface area contributed by atoms with Gasteiger partial charge in [-0.2, -0.15) is 0 Å². The fraction of sp³-hybridized carbons (Fsp3) is 0.372. The van der Waals surface area contributed by atoms with Gasteiger partial charge in [-0.25, -0.2) is 9.97 Å². The van der Waals surface area contributed by atoms with Gasteiger partial charge in [-0.15, -0.1) is 0 Å².